The van der Waals surface area contributed by atoms with Gasteiger partial charge in [-0.25, -0.2) is 4.98 Å². The molecule has 2 aromatic heterocycles. The molecule has 0 bridgehead atoms. The fourth-order valence-corrected chi connectivity index (χ4v) is 2.20. The molecule has 1 aromatic carbocycles. The van der Waals surface area contributed by atoms with Gasteiger partial charge >= 0.3 is 0 Å². The van der Waals surface area contributed by atoms with E-state index in [1.54, 1.807) is 53.8 Å². The number of nitrogens with one attached hydrogen (secondary N) is 1. The van der Waals surface area contributed by atoms with Gasteiger partial charge in [0.05, 0.1) is 26.1 Å². The van der Waals surface area contributed by atoms with Gasteiger partial charge in [-0.2, -0.15) is 0 Å². The van der Waals surface area contributed by atoms with Crippen LogP contribution in [-0.2, 0) is 0 Å². The van der Waals surface area contributed by atoms with Crippen molar-refractivity contribution in [3.05, 3.63) is 54.7 Å². The van der Waals surface area contributed by atoms with E-state index in [0.29, 0.717) is 28.6 Å². The number of carbonyl (C=O) groups is 1. The Morgan fingerprint density at radius 3 is 2.25 bits per heavy atom. The van der Waals surface area contributed by atoms with Crippen LogP contribution >= 0.6 is 0 Å². The fourth-order valence-electron chi connectivity index (χ4n) is 2.20. The number of hydrogen-bond acceptors (Lipinski definition) is 6. The predicted octanol–water partition coefficient (Wildman–Crippen LogP) is 1.93. The molecule has 0 saturated carbocycles. The Hall–Kier alpha value is -3.42. The number of nitrogens with zero attached hydrogens (tertiary/aromatic N) is 4. The van der Waals surface area contributed by atoms with Crippen LogP contribution in [0.4, 0.5) is 5.69 Å². The van der Waals surface area contributed by atoms with Gasteiger partial charge in [-0.1, -0.05) is 6.07 Å². The topological polar surface area (TPSA) is 91.2 Å². The normalized spacial score (nSPS) is 10.2. The average Bonchev–Trinajstić information content (AvgIpc) is 3.16. The Balaban J connectivity index is 1.83. The molecule has 8 nitrogen and oxygen atoms in total. The lowest BCUT2D eigenvalue weighted by Gasteiger charge is -2.13. The summed E-state index contributed by atoms with van der Waals surface area (Å²) in [5, 5.41) is 10.2. The van der Waals surface area contributed by atoms with E-state index in [2.05, 4.69) is 20.5 Å². The molecule has 0 aliphatic rings. The summed E-state index contributed by atoms with van der Waals surface area (Å²) in [7, 11) is 3.00. The number of ether oxygens (including phenoxy) is 2. The van der Waals surface area contributed by atoms with Crippen LogP contribution in [0, 0.1) is 0 Å². The fraction of sp³-hybridized carbons (Fsp3) is 0.125. The third-order valence-electron chi connectivity index (χ3n) is 3.34. The molecule has 24 heavy (non-hydrogen) atoms. The molecule has 2 heterocycles. The second kappa shape index (κ2) is 6.78. The standard InChI is InChI=1S/C16H15N5O3/c1-23-12-4-3-5-13(24-2)15(12)16(22)20-11-6-7-14(17-8-11)21-9-18-19-10-21/h3-10H,1-2H3,(H,20,22). The van der Waals surface area contributed by atoms with Crippen molar-refractivity contribution in [2.45, 2.75) is 0 Å². The second-order valence-electron chi connectivity index (χ2n) is 4.77. The number of amides is 1. The van der Waals surface area contributed by atoms with Gasteiger partial charge in [-0.15, -0.1) is 10.2 Å². The lowest BCUT2D eigenvalue weighted by atomic mass is 10.1. The molecule has 1 amide bonds. The van der Waals surface area contributed by atoms with E-state index in [-0.39, 0.29) is 5.91 Å². The molecule has 8 heteroatoms. The molecule has 0 unspecified atom stereocenters. The Bertz CT molecular complexity index is 809. The quantitative estimate of drug-likeness (QED) is 0.771. The smallest absolute Gasteiger partial charge is 0.263 e. The van der Waals surface area contributed by atoms with Crippen molar-refractivity contribution in [3.8, 4) is 17.3 Å². The number of pyridine rings is 1. The molecule has 3 aromatic rings. The number of rotatable bonds is 5. The number of carbonyl (C=O) groups excluding carboxylic acids is 1. The van der Waals surface area contributed by atoms with Crippen molar-refractivity contribution in [1.82, 2.24) is 19.7 Å². The van der Waals surface area contributed by atoms with Crippen LogP contribution in [0.5, 0.6) is 11.5 Å². The maximum absolute atomic E-state index is 12.6. The molecule has 0 aliphatic heterocycles. The van der Waals surface area contributed by atoms with E-state index in [4.69, 9.17) is 9.47 Å². The van der Waals surface area contributed by atoms with Gasteiger partial charge in [0.15, 0.2) is 0 Å². The van der Waals surface area contributed by atoms with Crippen LogP contribution in [0.1, 0.15) is 10.4 Å². The number of aromatic nitrogens is 4. The molecule has 1 N–H and O–H groups in total. The van der Waals surface area contributed by atoms with Crippen LogP contribution < -0.4 is 14.8 Å². The van der Waals surface area contributed by atoms with Gasteiger partial charge in [-0.05, 0) is 24.3 Å². The Morgan fingerprint density at radius 1 is 1.04 bits per heavy atom. The molecule has 122 valence electrons. The first kappa shape index (κ1) is 15.5. The summed E-state index contributed by atoms with van der Waals surface area (Å²) in [5.41, 5.74) is 0.871. The highest BCUT2D eigenvalue weighted by Gasteiger charge is 2.18. The van der Waals surface area contributed by atoms with E-state index in [0.717, 1.165) is 0 Å². The number of hydrogen-bond donors (Lipinski definition) is 1. The minimum atomic E-state index is -0.344. The Morgan fingerprint density at radius 2 is 1.71 bits per heavy atom. The largest absolute Gasteiger partial charge is 0.496 e. The Kier molecular flexibility index (Phi) is 4.37. The third kappa shape index (κ3) is 3.02. The van der Waals surface area contributed by atoms with Gasteiger partial charge in [0.1, 0.15) is 35.5 Å². The van der Waals surface area contributed by atoms with E-state index < -0.39 is 0 Å². The van der Waals surface area contributed by atoms with E-state index in [9.17, 15) is 4.79 Å². The summed E-state index contributed by atoms with van der Waals surface area (Å²) in [6, 6.07) is 8.64. The zero-order chi connectivity index (χ0) is 16.9. The minimum absolute atomic E-state index is 0.324. The van der Waals surface area contributed by atoms with Gasteiger partial charge in [-0.3, -0.25) is 9.36 Å². The van der Waals surface area contributed by atoms with Gasteiger partial charge in [0, 0.05) is 0 Å². The lowest BCUT2D eigenvalue weighted by molar-refractivity contribution is 0.102. The second-order valence-corrected chi connectivity index (χ2v) is 4.77. The highest BCUT2D eigenvalue weighted by molar-refractivity contribution is 6.08. The van der Waals surface area contributed by atoms with Gasteiger partial charge in [0.2, 0.25) is 0 Å². The first-order valence-electron chi connectivity index (χ1n) is 7.06. The first-order chi connectivity index (χ1) is 11.7. The van der Waals surface area contributed by atoms with Crippen molar-refractivity contribution in [2.75, 3.05) is 19.5 Å². The molecule has 0 atom stereocenters. The van der Waals surface area contributed by atoms with E-state index in [1.165, 1.54) is 14.2 Å². The first-order valence-corrected chi connectivity index (χ1v) is 7.06. The SMILES string of the molecule is COc1cccc(OC)c1C(=O)Nc1ccc(-n2cnnc2)nc1. The molecule has 3 rings (SSSR count). The number of anilines is 1. The summed E-state index contributed by atoms with van der Waals surface area (Å²) in [5.74, 6) is 1.16. The predicted molar refractivity (Wildman–Crippen MR) is 86.7 cm³/mol. The molecule has 0 fully saturated rings. The van der Waals surface area contributed by atoms with Crippen molar-refractivity contribution in [3.63, 3.8) is 0 Å². The molecule has 0 radical (unpaired) electrons. The van der Waals surface area contributed by atoms with Gasteiger partial charge in [0.25, 0.3) is 5.91 Å². The van der Waals surface area contributed by atoms with E-state index >= 15 is 0 Å². The number of benzene rings is 1. The van der Waals surface area contributed by atoms with E-state index in [1.807, 2.05) is 0 Å². The lowest BCUT2D eigenvalue weighted by Crippen LogP contribution is -2.14. The summed E-state index contributed by atoms with van der Waals surface area (Å²) in [6.45, 7) is 0. The van der Waals surface area contributed by atoms with Crippen molar-refractivity contribution in [1.29, 1.82) is 0 Å². The van der Waals surface area contributed by atoms with Crippen LogP contribution in [0.2, 0.25) is 0 Å². The Labute approximate surface area is 138 Å². The van der Waals surface area contributed by atoms with Crippen molar-refractivity contribution < 1.29 is 14.3 Å². The average molecular weight is 325 g/mol. The monoisotopic (exact) mass is 325 g/mol. The molecular weight excluding hydrogens is 310 g/mol. The highest BCUT2D eigenvalue weighted by atomic mass is 16.5. The zero-order valence-electron chi connectivity index (χ0n) is 13.1. The highest BCUT2D eigenvalue weighted by Crippen LogP contribution is 2.29. The molecular formula is C16H15N5O3. The van der Waals surface area contributed by atoms with Crippen LogP contribution in [-0.4, -0.2) is 39.9 Å². The maximum atomic E-state index is 12.6. The van der Waals surface area contributed by atoms with Crippen molar-refractivity contribution >= 4 is 11.6 Å². The summed E-state index contributed by atoms with van der Waals surface area (Å²) < 4.78 is 12.1. The summed E-state index contributed by atoms with van der Waals surface area (Å²) >= 11 is 0. The van der Waals surface area contributed by atoms with Gasteiger partial charge < -0.3 is 14.8 Å². The minimum Gasteiger partial charge on any atom is -0.496 e. The number of methoxy groups -OCH3 is 2. The summed E-state index contributed by atoms with van der Waals surface area (Å²) in [6.07, 6.45) is 4.63. The molecule has 0 saturated heterocycles. The molecule has 0 spiro atoms. The molecule has 0 aliphatic carbocycles. The zero-order valence-corrected chi connectivity index (χ0v) is 13.1. The maximum Gasteiger partial charge on any atom is 0.263 e. The van der Waals surface area contributed by atoms with Crippen LogP contribution in [0.3, 0.4) is 0 Å². The van der Waals surface area contributed by atoms with Crippen LogP contribution in [0.25, 0.3) is 5.82 Å². The van der Waals surface area contributed by atoms with Crippen molar-refractivity contribution in [2.24, 2.45) is 0 Å². The third-order valence-corrected chi connectivity index (χ3v) is 3.34. The summed E-state index contributed by atoms with van der Waals surface area (Å²) in [4.78, 5) is 16.8. The van der Waals surface area contributed by atoms with Crippen LogP contribution in [0.15, 0.2) is 49.2 Å².